The summed E-state index contributed by atoms with van der Waals surface area (Å²) in [4.78, 5) is 15.2. The Labute approximate surface area is 115 Å². The number of fused-ring (bicyclic) bond motifs is 1. The van der Waals surface area contributed by atoms with Gasteiger partial charge < -0.3 is 14.5 Å². The monoisotopic (exact) mass is 268 g/mol. The van der Waals surface area contributed by atoms with Gasteiger partial charge in [0.25, 0.3) is 6.01 Å². The molecular weight excluding hydrogens is 256 g/mol. The number of oxazole rings is 1. The molecule has 1 aromatic heterocycles. The first-order chi connectivity index (χ1) is 9.70. The van der Waals surface area contributed by atoms with Gasteiger partial charge in [0.1, 0.15) is 11.3 Å². The third-order valence-electron chi connectivity index (χ3n) is 2.65. The lowest BCUT2D eigenvalue weighted by Crippen LogP contribution is -2.00. The molecule has 1 heterocycles. The number of nitrogens with one attached hydrogen (secondary N) is 1. The Balaban J connectivity index is 1.88. The van der Waals surface area contributed by atoms with Gasteiger partial charge in [-0.2, -0.15) is 4.98 Å². The zero-order valence-electron chi connectivity index (χ0n) is 10.8. The van der Waals surface area contributed by atoms with E-state index in [0.717, 1.165) is 5.69 Å². The van der Waals surface area contributed by atoms with Crippen LogP contribution in [0.3, 0.4) is 0 Å². The summed E-state index contributed by atoms with van der Waals surface area (Å²) in [6, 6.07) is 15.1. The summed E-state index contributed by atoms with van der Waals surface area (Å²) < 4.78 is 10.6. The van der Waals surface area contributed by atoms with Crippen molar-refractivity contribution >= 4 is 28.8 Å². The van der Waals surface area contributed by atoms with Gasteiger partial charge in [-0.3, -0.25) is 4.79 Å². The van der Waals surface area contributed by atoms with Crippen molar-refractivity contribution in [3.05, 3.63) is 48.5 Å². The quantitative estimate of drug-likeness (QED) is 0.581. The summed E-state index contributed by atoms with van der Waals surface area (Å²) in [5.41, 5.74) is 2.14. The van der Waals surface area contributed by atoms with E-state index in [1.807, 2.05) is 30.3 Å². The van der Waals surface area contributed by atoms with Crippen LogP contribution in [0.5, 0.6) is 5.75 Å². The highest BCUT2D eigenvalue weighted by atomic mass is 16.5. The van der Waals surface area contributed by atoms with Crippen LogP contribution in [0.4, 0.5) is 11.7 Å². The Morgan fingerprint density at radius 1 is 1.20 bits per heavy atom. The molecule has 0 saturated heterocycles. The number of esters is 1. The first kappa shape index (κ1) is 12.2. The van der Waals surface area contributed by atoms with Gasteiger partial charge in [0, 0.05) is 18.7 Å². The highest BCUT2D eigenvalue weighted by Crippen LogP contribution is 2.25. The molecule has 0 amide bonds. The molecule has 5 nitrogen and oxygen atoms in total. The number of nitrogens with zero attached hydrogens (tertiary/aromatic N) is 1. The lowest BCUT2D eigenvalue weighted by molar-refractivity contribution is -0.131. The number of ether oxygens (including phenoxy) is 1. The second kappa shape index (κ2) is 5.05. The van der Waals surface area contributed by atoms with Crippen LogP contribution in [-0.4, -0.2) is 11.0 Å². The average molecular weight is 268 g/mol. The maximum atomic E-state index is 10.9. The number of aromatic nitrogens is 1. The van der Waals surface area contributed by atoms with Crippen molar-refractivity contribution < 1.29 is 13.9 Å². The third-order valence-corrected chi connectivity index (χ3v) is 2.65. The normalized spacial score (nSPS) is 10.4. The molecule has 0 atom stereocenters. The first-order valence-corrected chi connectivity index (χ1v) is 6.12. The van der Waals surface area contributed by atoms with Crippen LogP contribution >= 0.6 is 0 Å². The second-order valence-corrected chi connectivity index (χ2v) is 4.23. The highest BCUT2D eigenvalue weighted by Gasteiger charge is 2.08. The minimum Gasteiger partial charge on any atom is -0.427 e. The number of hydrogen-bond donors (Lipinski definition) is 1. The molecule has 100 valence electrons. The molecule has 20 heavy (non-hydrogen) atoms. The fraction of sp³-hybridized carbons (Fsp3) is 0.0667. The number of para-hydroxylation sites is 1. The number of hydrogen-bond acceptors (Lipinski definition) is 5. The summed E-state index contributed by atoms with van der Waals surface area (Å²) in [5, 5.41) is 3.07. The van der Waals surface area contributed by atoms with Gasteiger partial charge in [-0.1, -0.05) is 18.2 Å². The highest BCUT2D eigenvalue weighted by molar-refractivity contribution is 5.78. The van der Waals surface area contributed by atoms with Crippen LogP contribution in [0.1, 0.15) is 6.92 Å². The van der Waals surface area contributed by atoms with Crippen molar-refractivity contribution in [2.75, 3.05) is 5.32 Å². The van der Waals surface area contributed by atoms with Crippen LogP contribution < -0.4 is 10.1 Å². The maximum Gasteiger partial charge on any atom is 0.308 e. The molecule has 2 aromatic carbocycles. The molecule has 0 radical (unpaired) electrons. The molecule has 0 spiro atoms. The van der Waals surface area contributed by atoms with Crippen LogP contribution in [-0.2, 0) is 4.79 Å². The number of anilines is 2. The van der Waals surface area contributed by atoms with Gasteiger partial charge in [-0.15, -0.1) is 0 Å². The predicted molar refractivity (Wildman–Crippen MR) is 75.0 cm³/mol. The number of carbonyl (C=O) groups is 1. The fourth-order valence-electron chi connectivity index (χ4n) is 1.83. The summed E-state index contributed by atoms with van der Waals surface area (Å²) in [6.45, 7) is 1.35. The Morgan fingerprint density at radius 3 is 2.75 bits per heavy atom. The Morgan fingerprint density at radius 2 is 2.00 bits per heavy atom. The van der Waals surface area contributed by atoms with E-state index in [9.17, 15) is 4.79 Å². The van der Waals surface area contributed by atoms with E-state index in [0.29, 0.717) is 22.9 Å². The van der Waals surface area contributed by atoms with E-state index in [1.165, 1.54) is 6.92 Å². The largest absolute Gasteiger partial charge is 0.427 e. The van der Waals surface area contributed by atoms with Crippen LogP contribution in [0.25, 0.3) is 11.1 Å². The van der Waals surface area contributed by atoms with E-state index in [1.54, 1.807) is 18.2 Å². The van der Waals surface area contributed by atoms with E-state index in [2.05, 4.69) is 10.3 Å². The van der Waals surface area contributed by atoms with Crippen molar-refractivity contribution in [2.45, 2.75) is 6.92 Å². The van der Waals surface area contributed by atoms with Crippen LogP contribution in [0.15, 0.2) is 52.9 Å². The van der Waals surface area contributed by atoms with Crippen LogP contribution in [0, 0.1) is 0 Å². The zero-order chi connectivity index (χ0) is 13.9. The van der Waals surface area contributed by atoms with Gasteiger partial charge in [-0.05, 0) is 24.3 Å². The van der Waals surface area contributed by atoms with E-state index < -0.39 is 0 Å². The number of carbonyl (C=O) groups excluding carboxylic acids is 1. The molecule has 0 aliphatic rings. The molecular formula is C15H12N2O3. The minimum absolute atomic E-state index is 0.369. The Kier molecular flexibility index (Phi) is 3.09. The van der Waals surface area contributed by atoms with E-state index in [-0.39, 0.29) is 5.97 Å². The van der Waals surface area contributed by atoms with Crippen molar-refractivity contribution in [3.63, 3.8) is 0 Å². The third kappa shape index (κ3) is 2.61. The Hall–Kier alpha value is -2.82. The van der Waals surface area contributed by atoms with Gasteiger partial charge in [0.05, 0.1) is 0 Å². The molecule has 3 rings (SSSR count). The van der Waals surface area contributed by atoms with E-state index >= 15 is 0 Å². The maximum absolute atomic E-state index is 10.9. The molecule has 3 aromatic rings. The molecule has 5 heteroatoms. The molecule has 0 unspecified atom stereocenters. The predicted octanol–water partition coefficient (Wildman–Crippen LogP) is 3.50. The first-order valence-electron chi connectivity index (χ1n) is 6.12. The number of rotatable bonds is 3. The molecule has 0 bridgehead atoms. The minimum atomic E-state index is -0.369. The lowest BCUT2D eigenvalue weighted by Gasteiger charge is -1.99. The topological polar surface area (TPSA) is 64.4 Å². The van der Waals surface area contributed by atoms with Crippen molar-refractivity contribution in [1.29, 1.82) is 0 Å². The molecule has 0 aliphatic carbocycles. The van der Waals surface area contributed by atoms with Gasteiger partial charge in [-0.25, -0.2) is 0 Å². The standard InChI is InChI=1S/C15H12N2O3/c1-10(18)19-12-7-8-13-14(9-12)20-15(17-13)16-11-5-3-2-4-6-11/h2-9H,1H3,(H,16,17). The lowest BCUT2D eigenvalue weighted by atomic mass is 10.3. The van der Waals surface area contributed by atoms with Crippen LogP contribution in [0.2, 0.25) is 0 Å². The summed E-state index contributed by atoms with van der Waals surface area (Å²) in [6.07, 6.45) is 0. The fourth-order valence-corrected chi connectivity index (χ4v) is 1.83. The Bertz CT molecular complexity index is 750. The summed E-state index contributed by atoms with van der Waals surface area (Å²) in [5.74, 6) is 0.0684. The number of benzene rings is 2. The molecule has 1 N–H and O–H groups in total. The SMILES string of the molecule is CC(=O)Oc1ccc2nc(Nc3ccccc3)oc2c1. The van der Waals surface area contributed by atoms with Crippen molar-refractivity contribution in [2.24, 2.45) is 0 Å². The van der Waals surface area contributed by atoms with Crippen molar-refractivity contribution in [1.82, 2.24) is 4.98 Å². The molecule has 0 fully saturated rings. The van der Waals surface area contributed by atoms with E-state index in [4.69, 9.17) is 9.15 Å². The van der Waals surface area contributed by atoms with Gasteiger partial charge in [0.15, 0.2) is 5.58 Å². The zero-order valence-corrected chi connectivity index (χ0v) is 10.8. The second-order valence-electron chi connectivity index (χ2n) is 4.23. The summed E-state index contributed by atoms with van der Waals surface area (Å²) in [7, 11) is 0. The smallest absolute Gasteiger partial charge is 0.308 e. The molecule has 0 aliphatic heterocycles. The van der Waals surface area contributed by atoms with Crippen molar-refractivity contribution in [3.8, 4) is 5.75 Å². The molecule has 0 saturated carbocycles. The van der Waals surface area contributed by atoms with Gasteiger partial charge >= 0.3 is 5.97 Å². The van der Waals surface area contributed by atoms with Gasteiger partial charge in [0.2, 0.25) is 0 Å². The average Bonchev–Trinajstić information content (AvgIpc) is 2.80. The summed E-state index contributed by atoms with van der Waals surface area (Å²) >= 11 is 0.